The Balaban J connectivity index is 1.46. The van der Waals surface area contributed by atoms with Crippen LogP contribution in [0, 0.1) is 11.2 Å². The number of hydrogen-bond donors (Lipinski definition) is 2. The molecule has 3 heterocycles. The van der Waals surface area contributed by atoms with Gasteiger partial charge in [-0.15, -0.1) is 0 Å². The van der Waals surface area contributed by atoms with Crippen molar-refractivity contribution in [1.29, 1.82) is 0 Å². The molecule has 0 spiro atoms. The van der Waals surface area contributed by atoms with Gasteiger partial charge in [0.05, 0.1) is 21.2 Å². The molecule has 1 aliphatic heterocycles. The molecule has 1 saturated heterocycles. The molecule has 10 heteroatoms. The Morgan fingerprint density at radius 3 is 2.58 bits per heavy atom. The van der Waals surface area contributed by atoms with Crippen LogP contribution in [0.5, 0.6) is 0 Å². The number of aromatic nitrogens is 2. The fraction of sp³-hybridized carbons (Fsp3) is 0.261. The first kappa shape index (κ1) is 23.6. The standard InChI is InChI=1S/C23H21Cl2FN4O2S/c1-23(22(31)32)9-11-30(12-10-23)19-3-2-4-20(28-19)33-29-18-8-7-16(24)21(27-18)15-6-5-14(26)13-17(15)25/h2-8,13H,9-12H2,1H3,(H,27,29)(H,31,32). The fourth-order valence-electron chi connectivity index (χ4n) is 3.55. The molecule has 6 nitrogen and oxygen atoms in total. The number of carboxylic acid groups (broad SMARTS) is 1. The van der Waals surface area contributed by atoms with E-state index in [0.29, 0.717) is 48.0 Å². The van der Waals surface area contributed by atoms with Crippen molar-refractivity contribution in [1.82, 2.24) is 9.97 Å². The summed E-state index contributed by atoms with van der Waals surface area (Å²) in [6.45, 7) is 3.07. The number of hydrogen-bond acceptors (Lipinski definition) is 6. The molecular formula is C23H21Cl2FN4O2S. The van der Waals surface area contributed by atoms with E-state index in [4.69, 9.17) is 23.2 Å². The molecule has 0 radical (unpaired) electrons. The van der Waals surface area contributed by atoms with Gasteiger partial charge in [0, 0.05) is 30.6 Å². The lowest BCUT2D eigenvalue weighted by Crippen LogP contribution is -2.43. The summed E-state index contributed by atoms with van der Waals surface area (Å²) in [6.07, 6.45) is 1.14. The second-order valence-corrected chi connectivity index (χ2v) is 9.68. The summed E-state index contributed by atoms with van der Waals surface area (Å²) in [5.41, 5.74) is 0.301. The first-order valence-electron chi connectivity index (χ1n) is 10.3. The number of pyridine rings is 2. The lowest BCUT2D eigenvalue weighted by Gasteiger charge is -2.37. The maximum Gasteiger partial charge on any atom is 0.309 e. The number of rotatable bonds is 6. The minimum Gasteiger partial charge on any atom is -0.481 e. The monoisotopic (exact) mass is 506 g/mol. The first-order valence-corrected chi connectivity index (χ1v) is 11.8. The van der Waals surface area contributed by atoms with E-state index in [1.807, 2.05) is 18.2 Å². The third kappa shape index (κ3) is 5.34. The van der Waals surface area contributed by atoms with E-state index in [1.165, 1.54) is 24.1 Å². The first-order chi connectivity index (χ1) is 15.7. The van der Waals surface area contributed by atoms with Gasteiger partial charge in [-0.2, -0.15) is 0 Å². The van der Waals surface area contributed by atoms with Gasteiger partial charge in [0.1, 0.15) is 22.5 Å². The zero-order valence-electron chi connectivity index (χ0n) is 17.7. The van der Waals surface area contributed by atoms with Gasteiger partial charge in [0.15, 0.2) is 0 Å². The van der Waals surface area contributed by atoms with Gasteiger partial charge in [-0.05, 0) is 62.2 Å². The Bertz CT molecular complexity index is 1190. The van der Waals surface area contributed by atoms with Gasteiger partial charge in [0.2, 0.25) is 0 Å². The van der Waals surface area contributed by atoms with Gasteiger partial charge in [0.25, 0.3) is 0 Å². The number of piperidine rings is 1. The van der Waals surface area contributed by atoms with Gasteiger partial charge in [-0.3, -0.25) is 4.79 Å². The number of anilines is 2. The molecule has 33 heavy (non-hydrogen) atoms. The van der Waals surface area contributed by atoms with E-state index in [2.05, 4.69) is 19.6 Å². The van der Waals surface area contributed by atoms with E-state index < -0.39 is 17.2 Å². The van der Waals surface area contributed by atoms with Crippen LogP contribution >= 0.6 is 35.1 Å². The molecule has 172 valence electrons. The van der Waals surface area contributed by atoms with Crippen molar-refractivity contribution in [2.45, 2.75) is 24.8 Å². The molecule has 2 N–H and O–H groups in total. The molecule has 0 bridgehead atoms. The van der Waals surface area contributed by atoms with Crippen molar-refractivity contribution in [2.75, 3.05) is 22.7 Å². The van der Waals surface area contributed by atoms with Crippen LogP contribution in [0.1, 0.15) is 19.8 Å². The Kier molecular flexibility index (Phi) is 6.97. The molecule has 4 rings (SSSR count). The van der Waals surface area contributed by atoms with Gasteiger partial charge < -0.3 is 14.7 Å². The molecular weight excluding hydrogens is 486 g/mol. The highest BCUT2D eigenvalue weighted by Crippen LogP contribution is 2.35. The molecule has 0 aliphatic carbocycles. The molecule has 1 aliphatic rings. The summed E-state index contributed by atoms with van der Waals surface area (Å²) in [4.78, 5) is 22.8. The van der Waals surface area contributed by atoms with Crippen LogP contribution in [-0.2, 0) is 4.79 Å². The van der Waals surface area contributed by atoms with E-state index in [0.717, 1.165) is 10.8 Å². The van der Waals surface area contributed by atoms with E-state index in [-0.39, 0.29) is 5.02 Å². The van der Waals surface area contributed by atoms with Crippen molar-refractivity contribution in [2.24, 2.45) is 5.41 Å². The number of carbonyl (C=O) groups is 1. The minimum atomic E-state index is -0.750. The molecule has 0 unspecified atom stereocenters. The highest BCUT2D eigenvalue weighted by atomic mass is 35.5. The number of aliphatic carboxylic acids is 1. The Hall–Kier alpha value is -2.55. The smallest absolute Gasteiger partial charge is 0.309 e. The fourth-order valence-corrected chi connectivity index (χ4v) is 4.63. The summed E-state index contributed by atoms with van der Waals surface area (Å²) in [6, 6.07) is 13.2. The molecule has 3 aromatic rings. The third-order valence-corrected chi connectivity index (χ3v) is 7.07. The Morgan fingerprint density at radius 1 is 1.12 bits per heavy atom. The second kappa shape index (κ2) is 9.75. The topological polar surface area (TPSA) is 78.4 Å². The van der Waals surface area contributed by atoms with Crippen molar-refractivity contribution < 1.29 is 14.3 Å². The van der Waals surface area contributed by atoms with Crippen LogP contribution in [0.15, 0.2) is 53.6 Å². The average Bonchev–Trinajstić information content (AvgIpc) is 2.79. The van der Waals surface area contributed by atoms with Crippen LogP contribution in [0.3, 0.4) is 0 Å². The zero-order valence-corrected chi connectivity index (χ0v) is 20.0. The summed E-state index contributed by atoms with van der Waals surface area (Å²) < 4.78 is 16.6. The molecule has 2 aromatic heterocycles. The SMILES string of the molecule is CC1(C(=O)O)CCN(c2cccc(SNc3ccc(Cl)c(-c4ccc(F)cc4Cl)n3)n2)CC1. The second-order valence-electron chi connectivity index (χ2n) is 8.04. The van der Waals surface area contributed by atoms with Crippen LogP contribution in [-0.4, -0.2) is 34.1 Å². The lowest BCUT2D eigenvalue weighted by molar-refractivity contribution is -0.149. The van der Waals surface area contributed by atoms with E-state index >= 15 is 0 Å². The molecule has 0 amide bonds. The third-order valence-electron chi connectivity index (χ3n) is 5.71. The zero-order chi connectivity index (χ0) is 23.6. The van der Waals surface area contributed by atoms with Crippen molar-refractivity contribution >= 4 is 52.8 Å². The Labute approximate surface area is 205 Å². The van der Waals surface area contributed by atoms with Crippen LogP contribution in [0.25, 0.3) is 11.3 Å². The number of nitrogens with one attached hydrogen (secondary N) is 1. The van der Waals surface area contributed by atoms with Crippen molar-refractivity contribution in [3.8, 4) is 11.3 Å². The Morgan fingerprint density at radius 2 is 1.88 bits per heavy atom. The quantitative estimate of drug-likeness (QED) is 0.374. The normalized spacial score (nSPS) is 15.3. The maximum absolute atomic E-state index is 13.4. The number of halogens is 3. The highest BCUT2D eigenvalue weighted by molar-refractivity contribution is 8.00. The summed E-state index contributed by atoms with van der Waals surface area (Å²) in [5.74, 6) is 0.164. The maximum atomic E-state index is 13.4. The lowest BCUT2D eigenvalue weighted by atomic mass is 9.80. The van der Waals surface area contributed by atoms with Gasteiger partial charge >= 0.3 is 5.97 Å². The van der Waals surface area contributed by atoms with Crippen LogP contribution < -0.4 is 9.62 Å². The predicted molar refractivity (Wildman–Crippen MR) is 131 cm³/mol. The molecule has 1 aromatic carbocycles. The summed E-state index contributed by atoms with van der Waals surface area (Å²) >= 11 is 13.8. The molecule has 1 fully saturated rings. The largest absolute Gasteiger partial charge is 0.481 e. The van der Waals surface area contributed by atoms with Gasteiger partial charge in [-0.25, -0.2) is 14.4 Å². The molecule has 0 saturated carbocycles. The van der Waals surface area contributed by atoms with Crippen LogP contribution in [0.4, 0.5) is 16.0 Å². The van der Waals surface area contributed by atoms with Crippen LogP contribution in [0.2, 0.25) is 10.0 Å². The number of carboxylic acids is 1. The summed E-state index contributed by atoms with van der Waals surface area (Å²) in [5, 5.41) is 10.8. The van der Waals surface area contributed by atoms with Crippen molar-refractivity contribution in [3.63, 3.8) is 0 Å². The minimum absolute atomic E-state index is 0.226. The molecule has 0 atom stereocenters. The van der Waals surface area contributed by atoms with E-state index in [9.17, 15) is 14.3 Å². The number of nitrogens with zero attached hydrogens (tertiary/aromatic N) is 3. The van der Waals surface area contributed by atoms with Crippen molar-refractivity contribution in [3.05, 3.63) is 64.4 Å². The highest BCUT2D eigenvalue weighted by Gasteiger charge is 2.37. The average molecular weight is 507 g/mol. The predicted octanol–water partition coefficient (Wildman–Crippen LogP) is 6.40. The number of benzene rings is 1. The van der Waals surface area contributed by atoms with Gasteiger partial charge in [-0.1, -0.05) is 29.3 Å². The van der Waals surface area contributed by atoms with E-state index in [1.54, 1.807) is 25.1 Å². The summed E-state index contributed by atoms with van der Waals surface area (Å²) in [7, 11) is 0.